The van der Waals surface area contributed by atoms with E-state index < -0.39 is 5.60 Å². The molecule has 1 saturated carbocycles. The highest BCUT2D eigenvalue weighted by Gasteiger charge is 2.52. The Hall–Kier alpha value is -0.820. The van der Waals surface area contributed by atoms with Gasteiger partial charge in [0.05, 0.1) is 5.60 Å². The van der Waals surface area contributed by atoms with E-state index in [-0.39, 0.29) is 5.41 Å². The van der Waals surface area contributed by atoms with E-state index in [4.69, 9.17) is 0 Å². The maximum absolute atomic E-state index is 10.7. The standard InChI is InChI=1S/C16H24O/c1-12(2)10-13-6-5-7-14(11-13)16(4,17)15(3)8-9-15/h5-7,11-12,17H,8-10H2,1-4H3. The topological polar surface area (TPSA) is 20.2 Å². The second-order valence-corrected chi connectivity index (χ2v) is 6.43. The van der Waals surface area contributed by atoms with Crippen LogP contribution in [0.2, 0.25) is 0 Å². The Bertz CT molecular complexity index is 400. The van der Waals surface area contributed by atoms with Crippen LogP contribution in [-0.2, 0) is 12.0 Å². The predicted octanol–water partition coefficient (Wildman–Crippen LogP) is 3.89. The number of aliphatic hydroxyl groups is 1. The molecule has 2 rings (SSSR count). The van der Waals surface area contributed by atoms with Crippen molar-refractivity contribution in [1.29, 1.82) is 0 Å². The zero-order chi connectivity index (χ0) is 12.7. The summed E-state index contributed by atoms with van der Waals surface area (Å²) in [7, 11) is 0. The molecule has 0 aliphatic heterocycles. The number of hydrogen-bond acceptors (Lipinski definition) is 1. The Morgan fingerprint density at radius 3 is 2.53 bits per heavy atom. The van der Waals surface area contributed by atoms with Crippen molar-refractivity contribution in [2.24, 2.45) is 11.3 Å². The molecule has 94 valence electrons. The summed E-state index contributed by atoms with van der Waals surface area (Å²) in [5.41, 5.74) is 1.82. The van der Waals surface area contributed by atoms with Crippen LogP contribution in [0.3, 0.4) is 0 Å². The van der Waals surface area contributed by atoms with E-state index in [0.29, 0.717) is 5.92 Å². The fourth-order valence-electron chi connectivity index (χ4n) is 2.50. The molecule has 1 aromatic rings. The summed E-state index contributed by atoms with van der Waals surface area (Å²) in [5, 5.41) is 10.7. The van der Waals surface area contributed by atoms with Gasteiger partial charge in [0.2, 0.25) is 0 Å². The van der Waals surface area contributed by atoms with Crippen LogP contribution in [0.25, 0.3) is 0 Å². The van der Waals surface area contributed by atoms with Gasteiger partial charge in [0.1, 0.15) is 0 Å². The van der Waals surface area contributed by atoms with E-state index in [1.165, 1.54) is 5.56 Å². The van der Waals surface area contributed by atoms with Crippen molar-refractivity contribution in [3.63, 3.8) is 0 Å². The summed E-state index contributed by atoms with van der Waals surface area (Å²) < 4.78 is 0. The van der Waals surface area contributed by atoms with Gasteiger partial charge in [0.15, 0.2) is 0 Å². The van der Waals surface area contributed by atoms with Gasteiger partial charge in [-0.25, -0.2) is 0 Å². The lowest BCUT2D eigenvalue weighted by atomic mass is 9.80. The van der Waals surface area contributed by atoms with Gasteiger partial charge in [-0.05, 0) is 43.2 Å². The Morgan fingerprint density at radius 2 is 2.00 bits per heavy atom. The first-order chi connectivity index (χ1) is 7.85. The van der Waals surface area contributed by atoms with Crippen molar-refractivity contribution in [3.05, 3.63) is 35.4 Å². The molecule has 17 heavy (non-hydrogen) atoms. The third-order valence-corrected chi connectivity index (χ3v) is 4.31. The third-order valence-electron chi connectivity index (χ3n) is 4.31. The smallest absolute Gasteiger partial charge is 0.0921 e. The molecule has 0 saturated heterocycles. The van der Waals surface area contributed by atoms with E-state index in [1.54, 1.807) is 0 Å². The molecule has 0 radical (unpaired) electrons. The molecule has 1 aliphatic carbocycles. The summed E-state index contributed by atoms with van der Waals surface area (Å²) in [4.78, 5) is 0. The number of benzene rings is 1. The minimum Gasteiger partial charge on any atom is -0.385 e. The van der Waals surface area contributed by atoms with Crippen molar-refractivity contribution in [2.45, 2.75) is 52.6 Å². The highest BCUT2D eigenvalue weighted by atomic mass is 16.3. The molecule has 0 heterocycles. The quantitative estimate of drug-likeness (QED) is 0.835. The molecule has 0 aromatic heterocycles. The lowest BCUT2D eigenvalue weighted by Gasteiger charge is -2.31. The SMILES string of the molecule is CC(C)Cc1cccc(C(C)(O)C2(C)CC2)c1. The first-order valence-electron chi connectivity index (χ1n) is 6.67. The Balaban J connectivity index is 2.27. The summed E-state index contributed by atoms with van der Waals surface area (Å²) in [6, 6.07) is 8.49. The minimum absolute atomic E-state index is 0.0868. The van der Waals surface area contributed by atoms with Crippen molar-refractivity contribution in [2.75, 3.05) is 0 Å². The zero-order valence-electron chi connectivity index (χ0n) is 11.5. The fourth-order valence-corrected chi connectivity index (χ4v) is 2.50. The predicted molar refractivity (Wildman–Crippen MR) is 71.9 cm³/mol. The molecule has 1 aromatic carbocycles. The Labute approximate surface area is 105 Å². The van der Waals surface area contributed by atoms with Crippen LogP contribution in [0.4, 0.5) is 0 Å². The van der Waals surface area contributed by atoms with Crippen LogP contribution < -0.4 is 0 Å². The average Bonchev–Trinajstić information content (AvgIpc) is 2.97. The van der Waals surface area contributed by atoms with Gasteiger partial charge in [-0.2, -0.15) is 0 Å². The van der Waals surface area contributed by atoms with E-state index in [0.717, 1.165) is 24.8 Å². The normalized spacial score (nSPS) is 21.3. The second-order valence-electron chi connectivity index (χ2n) is 6.43. The first kappa shape index (κ1) is 12.6. The van der Waals surface area contributed by atoms with E-state index in [9.17, 15) is 5.11 Å². The molecule has 0 amide bonds. The monoisotopic (exact) mass is 232 g/mol. The van der Waals surface area contributed by atoms with Crippen LogP contribution in [0.5, 0.6) is 0 Å². The van der Waals surface area contributed by atoms with Gasteiger partial charge in [0.25, 0.3) is 0 Å². The first-order valence-corrected chi connectivity index (χ1v) is 6.67. The van der Waals surface area contributed by atoms with Crippen LogP contribution in [0.1, 0.15) is 51.7 Å². The van der Waals surface area contributed by atoms with E-state index >= 15 is 0 Å². The Morgan fingerprint density at radius 1 is 1.35 bits per heavy atom. The van der Waals surface area contributed by atoms with Crippen molar-refractivity contribution < 1.29 is 5.11 Å². The summed E-state index contributed by atoms with van der Waals surface area (Å²) in [6.45, 7) is 8.61. The molecule has 0 bridgehead atoms. The summed E-state index contributed by atoms with van der Waals surface area (Å²) in [6.07, 6.45) is 3.35. The molecular weight excluding hydrogens is 208 g/mol. The Kier molecular flexibility index (Phi) is 3.07. The third kappa shape index (κ3) is 2.40. The molecular formula is C16H24O. The van der Waals surface area contributed by atoms with Crippen LogP contribution in [0, 0.1) is 11.3 Å². The molecule has 1 fully saturated rings. The van der Waals surface area contributed by atoms with Gasteiger partial charge < -0.3 is 5.11 Å². The molecule has 0 spiro atoms. The number of hydrogen-bond donors (Lipinski definition) is 1. The molecule has 1 N–H and O–H groups in total. The van der Waals surface area contributed by atoms with Gasteiger partial charge in [-0.15, -0.1) is 0 Å². The maximum atomic E-state index is 10.7. The highest BCUT2D eigenvalue weighted by Crippen LogP contribution is 2.57. The summed E-state index contributed by atoms with van der Waals surface area (Å²) >= 11 is 0. The van der Waals surface area contributed by atoms with Crippen LogP contribution >= 0.6 is 0 Å². The maximum Gasteiger partial charge on any atom is 0.0921 e. The van der Waals surface area contributed by atoms with Crippen molar-refractivity contribution in [3.8, 4) is 0 Å². The zero-order valence-corrected chi connectivity index (χ0v) is 11.5. The minimum atomic E-state index is -0.681. The molecule has 1 nitrogen and oxygen atoms in total. The highest BCUT2D eigenvalue weighted by molar-refractivity contribution is 5.31. The lowest BCUT2D eigenvalue weighted by molar-refractivity contribution is -0.0127. The largest absolute Gasteiger partial charge is 0.385 e. The fraction of sp³-hybridized carbons (Fsp3) is 0.625. The van der Waals surface area contributed by atoms with Crippen LogP contribution in [0.15, 0.2) is 24.3 Å². The van der Waals surface area contributed by atoms with Crippen LogP contribution in [-0.4, -0.2) is 5.11 Å². The van der Waals surface area contributed by atoms with Gasteiger partial charge in [-0.3, -0.25) is 0 Å². The lowest BCUT2D eigenvalue weighted by Crippen LogP contribution is -2.31. The van der Waals surface area contributed by atoms with E-state index in [1.807, 2.05) is 6.92 Å². The molecule has 1 unspecified atom stereocenters. The van der Waals surface area contributed by atoms with Crippen molar-refractivity contribution >= 4 is 0 Å². The summed E-state index contributed by atoms with van der Waals surface area (Å²) in [5.74, 6) is 0.659. The molecule has 1 aliphatic rings. The average molecular weight is 232 g/mol. The van der Waals surface area contributed by atoms with Gasteiger partial charge >= 0.3 is 0 Å². The van der Waals surface area contributed by atoms with Gasteiger partial charge in [-0.1, -0.05) is 45.0 Å². The van der Waals surface area contributed by atoms with Crippen molar-refractivity contribution in [1.82, 2.24) is 0 Å². The molecule has 1 atom stereocenters. The second kappa shape index (κ2) is 4.13. The number of rotatable bonds is 4. The van der Waals surface area contributed by atoms with E-state index in [2.05, 4.69) is 45.0 Å². The molecule has 1 heteroatoms. The van der Waals surface area contributed by atoms with Gasteiger partial charge in [0, 0.05) is 5.41 Å².